The van der Waals surface area contributed by atoms with Crippen molar-refractivity contribution in [3.63, 3.8) is 0 Å². The smallest absolute Gasteiger partial charge is 0.266 e. The van der Waals surface area contributed by atoms with E-state index in [1.54, 1.807) is 26.1 Å². The van der Waals surface area contributed by atoms with E-state index in [0.29, 0.717) is 31.9 Å². The molecule has 8 heteroatoms. The summed E-state index contributed by atoms with van der Waals surface area (Å²) in [5, 5.41) is 3.20. The lowest BCUT2D eigenvalue weighted by Crippen LogP contribution is -2.17. The zero-order valence-corrected chi connectivity index (χ0v) is 13.8. The van der Waals surface area contributed by atoms with E-state index in [2.05, 4.69) is 10.3 Å². The van der Waals surface area contributed by atoms with Gasteiger partial charge in [-0.15, -0.1) is 11.3 Å². The number of hydrogen-bond donors (Lipinski definition) is 2. The summed E-state index contributed by atoms with van der Waals surface area (Å²) in [6.07, 6.45) is 1.44. The summed E-state index contributed by atoms with van der Waals surface area (Å²) in [6.45, 7) is 1.73. The highest BCUT2D eigenvalue weighted by molar-refractivity contribution is 7.20. The molecule has 2 amide bonds. The first-order valence-corrected chi connectivity index (χ1v) is 7.86. The molecule has 122 valence electrons. The topological polar surface area (TPSA) is 107 Å². The number of aromatic nitrogens is 2. The van der Waals surface area contributed by atoms with Crippen LogP contribution in [0.2, 0.25) is 0 Å². The number of thiophene rings is 1. The monoisotopic (exact) mass is 342 g/mol. The average Bonchev–Trinajstić information content (AvgIpc) is 2.89. The number of nitrogens with two attached hydrogens (primary N) is 1. The number of fused-ring (bicyclic) bond motifs is 1. The summed E-state index contributed by atoms with van der Waals surface area (Å²) in [6, 6.07) is 6.26. The molecule has 3 rings (SSSR count). The second kappa shape index (κ2) is 5.89. The number of hydrogen-bond acceptors (Lipinski definition) is 5. The molecule has 0 saturated carbocycles. The van der Waals surface area contributed by atoms with Crippen LogP contribution in [0.4, 0.5) is 5.69 Å². The molecular formula is C16H14N4O3S. The van der Waals surface area contributed by atoms with Crippen LogP contribution in [0.3, 0.4) is 0 Å². The van der Waals surface area contributed by atoms with Crippen LogP contribution in [-0.2, 0) is 7.05 Å². The number of aryl methyl sites for hydroxylation is 2. The first kappa shape index (κ1) is 15.9. The van der Waals surface area contributed by atoms with Gasteiger partial charge in [0.05, 0.1) is 16.6 Å². The Morgan fingerprint density at radius 2 is 1.92 bits per heavy atom. The van der Waals surface area contributed by atoms with Crippen molar-refractivity contribution in [2.75, 3.05) is 5.32 Å². The minimum Gasteiger partial charge on any atom is -0.366 e. The Morgan fingerprint density at radius 3 is 2.54 bits per heavy atom. The van der Waals surface area contributed by atoms with Crippen LogP contribution >= 0.6 is 11.3 Å². The predicted molar refractivity (Wildman–Crippen MR) is 92.5 cm³/mol. The number of nitrogens with zero attached hydrogens (tertiary/aromatic N) is 2. The molecule has 7 nitrogen and oxygen atoms in total. The number of primary amides is 1. The Morgan fingerprint density at radius 1 is 1.25 bits per heavy atom. The van der Waals surface area contributed by atoms with Gasteiger partial charge in [0.25, 0.3) is 11.5 Å². The second-order valence-corrected chi connectivity index (χ2v) is 6.29. The van der Waals surface area contributed by atoms with Crippen molar-refractivity contribution in [2.24, 2.45) is 12.8 Å². The lowest BCUT2D eigenvalue weighted by Gasteiger charge is -2.05. The Kier molecular flexibility index (Phi) is 3.90. The SMILES string of the molecule is Cc1c(C(=O)Nc2ccc(C(N)=O)cc2)sc2ncn(C)c(=O)c12. The summed E-state index contributed by atoms with van der Waals surface area (Å²) in [5.41, 5.74) is 6.50. The number of carbonyl (C=O) groups is 2. The van der Waals surface area contributed by atoms with Crippen LogP contribution in [0, 0.1) is 6.92 Å². The first-order chi connectivity index (χ1) is 11.4. The molecule has 0 aliphatic carbocycles. The summed E-state index contributed by atoms with van der Waals surface area (Å²) in [4.78, 5) is 40.9. The van der Waals surface area contributed by atoms with Crippen molar-refractivity contribution in [3.05, 3.63) is 57.0 Å². The van der Waals surface area contributed by atoms with Crippen molar-refractivity contribution < 1.29 is 9.59 Å². The summed E-state index contributed by atoms with van der Waals surface area (Å²) in [7, 11) is 1.62. The number of rotatable bonds is 3. The van der Waals surface area contributed by atoms with Crippen LogP contribution in [0.1, 0.15) is 25.6 Å². The van der Waals surface area contributed by atoms with Crippen molar-refractivity contribution in [1.29, 1.82) is 0 Å². The van der Waals surface area contributed by atoms with Gasteiger partial charge in [0.1, 0.15) is 4.83 Å². The van der Waals surface area contributed by atoms with E-state index < -0.39 is 5.91 Å². The Balaban J connectivity index is 1.94. The lowest BCUT2D eigenvalue weighted by molar-refractivity contribution is 0.0998. The second-order valence-electron chi connectivity index (χ2n) is 5.29. The van der Waals surface area contributed by atoms with Crippen molar-refractivity contribution in [3.8, 4) is 0 Å². The van der Waals surface area contributed by atoms with E-state index in [9.17, 15) is 14.4 Å². The Hall–Kier alpha value is -3.00. The van der Waals surface area contributed by atoms with E-state index >= 15 is 0 Å². The molecule has 3 N–H and O–H groups in total. The van der Waals surface area contributed by atoms with Gasteiger partial charge in [-0.2, -0.15) is 0 Å². The van der Waals surface area contributed by atoms with E-state index in [1.165, 1.54) is 34.4 Å². The highest BCUT2D eigenvalue weighted by Crippen LogP contribution is 2.27. The Labute approximate surface area is 140 Å². The maximum absolute atomic E-state index is 12.5. The van der Waals surface area contributed by atoms with Gasteiger partial charge in [0.15, 0.2) is 0 Å². The zero-order valence-electron chi connectivity index (χ0n) is 13.0. The highest BCUT2D eigenvalue weighted by Gasteiger charge is 2.19. The molecule has 0 unspecified atom stereocenters. The van der Waals surface area contributed by atoms with Crippen LogP contribution in [0.25, 0.3) is 10.2 Å². The standard InChI is InChI=1S/C16H14N4O3S/c1-8-11-15(18-7-20(2)16(11)23)24-12(8)14(22)19-10-5-3-9(4-6-10)13(17)21/h3-7H,1-2H3,(H2,17,21)(H,19,22). The molecule has 3 aromatic rings. The molecule has 0 aliphatic rings. The molecule has 0 radical (unpaired) electrons. The van der Waals surface area contributed by atoms with Crippen LogP contribution in [0.15, 0.2) is 35.4 Å². The minimum atomic E-state index is -0.532. The predicted octanol–water partition coefficient (Wildman–Crippen LogP) is 1.65. The molecule has 1 aromatic carbocycles. The van der Waals surface area contributed by atoms with Gasteiger partial charge in [0, 0.05) is 18.3 Å². The van der Waals surface area contributed by atoms with Gasteiger partial charge < -0.3 is 15.6 Å². The van der Waals surface area contributed by atoms with Crippen LogP contribution < -0.4 is 16.6 Å². The first-order valence-electron chi connectivity index (χ1n) is 7.04. The zero-order chi connectivity index (χ0) is 17.4. The van der Waals surface area contributed by atoms with Gasteiger partial charge in [-0.05, 0) is 36.8 Å². The molecule has 2 heterocycles. The minimum absolute atomic E-state index is 0.182. The van der Waals surface area contributed by atoms with Gasteiger partial charge in [-0.25, -0.2) is 4.98 Å². The molecular weight excluding hydrogens is 328 g/mol. The molecule has 0 aliphatic heterocycles. The van der Waals surface area contributed by atoms with Gasteiger partial charge >= 0.3 is 0 Å². The number of nitrogens with one attached hydrogen (secondary N) is 1. The molecule has 2 aromatic heterocycles. The van der Waals surface area contributed by atoms with Crippen molar-refractivity contribution in [1.82, 2.24) is 9.55 Å². The number of carbonyl (C=O) groups excluding carboxylic acids is 2. The van der Waals surface area contributed by atoms with Crippen molar-refractivity contribution >= 4 is 39.1 Å². The third-order valence-electron chi connectivity index (χ3n) is 3.64. The maximum atomic E-state index is 12.5. The van der Waals surface area contributed by atoms with E-state index in [0.717, 1.165) is 0 Å². The molecule has 0 spiro atoms. The summed E-state index contributed by atoms with van der Waals surface area (Å²) in [5.74, 6) is -0.862. The van der Waals surface area contributed by atoms with Gasteiger partial charge in [-0.3, -0.25) is 14.4 Å². The molecule has 0 bridgehead atoms. The highest BCUT2D eigenvalue weighted by atomic mass is 32.1. The number of amides is 2. The quantitative estimate of drug-likeness (QED) is 0.754. The van der Waals surface area contributed by atoms with E-state index in [4.69, 9.17) is 5.73 Å². The average molecular weight is 342 g/mol. The summed E-state index contributed by atoms with van der Waals surface area (Å²) < 4.78 is 1.38. The molecule has 0 fully saturated rings. The Bertz CT molecular complexity index is 1020. The van der Waals surface area contributed by atoms with Gasteiger partial charge in [-0.1, -0.05) is 0 Å². The molecule has 24 heavy (non-hydrogen) atoms. The molecule has 0 saturated heterocycles. The largest absolute Gasteiger partial charge is 0.366 e. The van der Waals surface area contributed by atoms with E-state index in [-0.39, 0.29) is 11.5 Å². The van der Waals surface area contributed by atoms with E-state index in [1.807, 2.05) is 0 Å². The van der Waals surface area contributed by atoms with Crippen LogP contribution in [-0.4, -0.2) is 21.4 Å². The fourth-order valence-corrected chi connectivity index (χ4v) is 3.37. The maximum Gasteiger partial charge on any atom is 0.266 e. The normalized spacial score (nSPS) is 10.8. The number of benzene rings is 1. The molecule has 0 atom stereocenters. The fourth-order valence-electron chi connectivity index (χ4n) is 2.33. The third-order valence-corrected chi connectivity index (χ3v) is 4.84. The van der Waals surface area contributed by atoms with Crippen molar-refractivity contribution in [2.45, 2.75) is 6.92 Å². The lowest BCUT2D eigenvalue weighted by atomic mass is 10.2. The third kappa shape index (κ3) is 2.67. The fraction of sp³-hybridized carbons (Fsp3) is 0.125. The van der Waals surface area contributed by atoms with Gasteiger partial charge in [0.2, 0.25) is 5.91 Å². The number of anilines is 1. The summed E-state index contributed by atoms with van der Waals surface area (Å²) >= 11 is 1.17. The van der Waals surface area contributed by atoms with Crippen LogP contribution in [0.5, 0.6) is 0 Å².